The molecule has 5 heteroatoms. The van der Waals surface area contributed by atoms with Crippen molar-refractivity contribution >= 4 is 11.6 Å². The Bertz CT molecular complexity index is 378. The van der Waals surface area contributed by atoms with Gasteiger partial charge < -0.3 is 4.74 Å². The lowest BCUT2D eigenvalue weighted by Crippen LogP contribution is -2.45. The Morgan fingerprint density at radius 1 is 1.31 bits per heavy atom. The molecule has 0 bridgehead atoms. The average molecular weight is 251 g/mol. The van der Waals surface area contributed by atoms with Gasteiger partial charge >= 0.3 is 6.18 Å². The minimum atomic E-state index is -4.37. The highest BCUT2D eigenvalue weighted by Gasteiger charge is 2.48. The summed E-state index contributed by atoms with van der Waals surface area (Å²) in [5.74, 6) is -0.457. The average Bonchev–Trinajstić information content (AvgIpc) is 2.26. The largest absolute Gasteiger partial charge is 0.480 e. The number of benzene rings is 1. The van der Waals surface area contributed by atoms with Crippen LogP contribution in [0.3, 0.4) is 0 Å². The van der Waals surface area contributed by atoms with Crippen molar-refractivity contribution in [3.63, 3.8) is 0 Å². The topological polar surface area (TPSA) is 9.23 Å². The second-order valence-electron chi connectivity index (χ2n) is 3.81. The van der Waals surface area contributed by atoms with E-state index >= 15 is 0 Å². The van der Waals surface area contributed by atoms with Gasteiger partial charge in [-0.1, -0.05) is 18.2 Å². The zero-order valence-electron chi connectivity index (χ0n) is 8.30. The Kier molecular flexibility index (Phi) is 3.02. The molecule has 1 nitrogen and oxygen atoms in total. The number of alkyl halides is 4. The number of halogens is 4. The van der Waals surface area contributed by atoms with Crippen molar-refractivity contribution in [1.82, 2.24) is 0 Å². The molecule has 0 saturated carbocycles. The van der Waals surface area contributed by atoms with E-state index in [1.807, 2.05) is 0 Å². The Morgan fingerprint density at radius 2 is 2.00 bits per heavy atom. The first-order chi connectivity index (χ1) is 7.52. The van der Waals surface area contributed by atoms with Gasteiger partial charge in [0.25, 0.3) is 0 Å². The van der Waals surface area contributed by atoms with Crippen LogP contribution in [0.5, 0.6) is 5.75 Å². The quantitative estimate of drug-likeness (QED) is 0.694. The molecule has 0 amide bonds. The van der Waals surface area contributed by atoms with Gasteiger partial charge in [-0.3, -0.25) is 0 Å². The smallest absolute Gasteiger partial charge is 0.425 e. The molecule has 0 aliphatic carbocycles. The minimum Gasteiger partial charge on any atom is -0.480 e. The van der Waals surface area contributed by atoms with E-state index in [0.29, 0.717) is 12.2 Å². The fourth-order valence-electron chi connectivity index (χ4n) is 1.88. The van der Waals surface area contributed by atoms with E-state index in [1.54, 1.807) is 24.3 Å². The molecule has 16 heavy (non-hydrogen) atoms. The van der Waals surface area contributed by atoms with Crippen molar-refractivity contribution in [3.8, 4) is 5.75 Å². The van der Waals surface area contributed by atoms with Gasteiger partial charge in [0.15, 0.2) is 6.10 Å². The van der Waals surface area contributed by atoms with Crippen LogP contribution in [0.1, 0.15) is 5.56 Å². The van der Waals surface area contributed by atoms with E-state index in [1.165, 1.54) is 0 Å². The van der Waals surface area contributed by atoms with Crippen LogP contribution in [0, 0.1) is 5.92 Å². The Morgan fingerprint density at radius 3 is 2.62 bits per heavy atom. The Labute approximate surface area is 96.2 Å². The summed E-state index contributed by atoms with van der Waals surface area (Å²) in [7, 11) is 0. The first kappa shape index (κ1) is 11.6. The maximum atomic E-state index is 12.7. The fourth-order valence-corrected chi connectivity index (χ4v) is 2.15. The predicted octanol–water partition coefficient (Wildman–Crippen LogP) is 3.41. The van der Waals surface area contributed by atoms with Crippen LogP contribution >= 0.6 is 11.6 Å². The number of hydrogen-bond acceptors (Lipinski definition) is 1. The molecule has 0 fully saturated rings. The van der Waals surface area contributed by atoms with Gasteiger partial charge in [0.1, 0.15) is 5.75 Å². The zero-order chi connectivity index (χ0) is 11.8. The predicted molar refractivity (Wildman–Crippen MR) is 54.8 cm³/mol. The summed E-state index contributed by atoms with van der Waals surface area (Å²) in [5.41, 5.74) is 0.786. The molecule has 0 saturated heterocycles. The normalized spacial score (nSPS) is 24.8. The SMILES string of the molecule is FC(F)(F)C1Oc2ccccc2CC1CCl. The van der Waals surface area contributed by atoms with E-state index in [4.69, 9.17) is 16.3 Å². The molecule has 0 N–H and O–H groups in total. The standard InChI is InChI=1S/C11H10ClF3O/c12-6-8-5-7-3-1-2-4-9(7)16-10(8)11(13,14)15/h1-4,8,10H,5-6H2. The molecule has 0 aromatic heterocycles. The lowest BCUT2D eigenvalue weighted by atomic mass is 9.92. The van der Waals surface area contributed by atoms with E-state index in [9.17, 15) is 13.2 Å². The molecule has 0 spiro atoms. The molecule has 88 valence electrons. The van der Waals surface area contributed by atoms with Gasteiger partial charge in [0.2, 0.25) is 0 Å². The van der Waals surface area contributed by atoms with Crippen LogP contribution in [-0.2, 0) is 6.42 Å². The summed E-state index contributed by atoms with van der Waals surface area (Å²) < 4.78 is 43.1. The number of rotatable bonds is 1. The molecule has 0 radical (unpaired) electrons. The molecule has 1 aliphatic heterocycles. The molecular formula is C11H10ClF3O. The van der Waals surface area contributed by atoms with Crippen LogP contribution < -0.4 is 4.74 Å². The highest BCUT2D eigenvalue weighted by Crippen LogP contribution is 2.38. The van der Waals surface area contributed by atoms with Gasteiger partial charge in [-0.15, -0.1) is 11.6 Å². The third kappa shape index (κ3) is 2.12. The van der Waals surface area contributed by atoms with Gasteiger partial charge in [0, 0.05) is 11.8 Å². The Balaban J connectivity index is 2.31. The number of ether oxygens (including phenoxy) is 1. The van der Waals surface area contributed by atoms with Crippen molar-refractivity contribution < 1.29 is 17.9 Å². The van der Waals surface area contributed by atoms with Gasteiger partial charge in [-0.2, -0.15) is 13.2 Å². The second-order valence-corrected chi connectivity index (χ2v) is 4.11. The lowest BCUT2D eigenvalue weighted by Gasteiger charge is -2.33. The third-order valence-electron chi connectivity index (χ3n) is 2.66. The highest BCUT2D eigenvalue weighted by atomic mass is 35.5. The van der Waals surface area contributed by atoms with Gasteiger partial charge in [-0.25, -0.2) is 0 Å². The molecule has 1 aliphatic rings. The molecule has 1 aromatic rings. The summed E-state index contributed by atoms with van der Waals surface area (Å²) >= 11 is 5.57. The lowest BCUT2D eigenvalue weighted by molar-refractivity contribution is -0.211. The van der Waals surface area contributed by atoms with E-state index < -0.39 is 18.2 Å². The molecule has 2 atom stereocenters. The van der Waals surface area contributed by atoms with Crippen molar-refractivity contribution in [1.29, 1.82) is 0 Å². The van der Waals surface area contributed by atoms with Crippen LogP contribution in [0.4, 0.5) is 13.2 Å². The fraction of sp³-hybridized carbons (Fsp3) is 0.455. The van der Waals surface area contributed by atoms with Crippen LogP contribution in [-0.4, -0.2) is 18.2 Å². The first-order valence-corrected chi connectivity index (χ1v) is 5.43. The summed E-state index contributed by atoms with van der Waals surface area (Å²) in [6.07, 6.45) is -5.85. The summed E-state index contributed by atoms with van der Waals surface area (Å²) in [5, 5.41) is 0. The number of fused-ring (bicyclic) bond motifs is 1. The number of hydrogen-bond donors (Lipinski definition) is 0. The number of para-hydroxylation sites is 1. The van der Waals surface area contributed by atoms with Crippen molar-refractivity contribution in [3.05, 3.63) is 29.8 Å². The van der Waals surface area contributed by atoms with Crippen LogP contribution in [0.2, 0.25) is 0 Å². The maximum Gasteiger partial charge on any atom is 0.425 e. The van der Waals surface area contributed by atoms with Crippen molar-refractivity contribution in [2.75, 3.05) is 5.88 Å². The minimum absolute atomic E-state index is 0.0570. The zero-order valence-corrected chi connectivity index (χ0v) is 9.05. The Hall–Kier alpha value is -0.900. The third-order valence-corrected chi connectivity index (χ3v) is 3.05. The van der Waals surface area contributed by atoms with Crippen molar-refractivity contribution in [2.24, 2.45) is 5.92 Å². The summed E-state index contributed by atoms with van der Waals surface area (Å²) in [6, 6.07) is 6.76. The monoisotopic (exact) mass is 250 g/mol. The summed E-state index contributed by atoms with van der Waals surface area (Å²) in [4.78, 5) is 0. The second kappa shape index (κ2) is 4.17. The molecule has 2 rings (SSSR count). The highest BCUT2D eigenvalue weighted by molar-refractivity contribution is 6.18. The van der Waals surface area contributed by atoms with E-state index in [0.717, 1.165) is 5.56 Å². The van der Waals surface area contributed by atoms with E-state index in [-0.39, 0.29) is 5.88 Å². The van der Waals surface area contributed by atoms with Crippen molar-refractivity contribution in [2.45, 2.75) is 18.7 Å². The molecular weight excluding hydrogens is 241 g/mol. The van der Waals surface area contributed by atoms with Gasteiger partial charge in [0.05, 0.1) is 0 Å². The van der Waals surface area contributed by atoms with Crippen LogP contribution in [0.25, 0.3) is 0 Å². The van der Waals surface area contributed by atoms with Crippen LogP contribution in [0.15, 0.2) is 24.3 Å². The first-order valence-electron chi connectivity index (χ1n) is 4.89. The molecule has 1 aromatic carbocycles. The van der Waals surface area contributed by atoms with E-state index in [2.05, 4.69) is 0 Å². The van der Waals surface area contributed by atoms with Gasteiger partial charge in [-0.05, 0) is 18.1 Å². The summed E-state index contributed by atoms with van der Waals surface area (Å²) in [6.45, 7) is 0. The molecule has 1 heterocycles. The maximum absolute atomic E-state index is 12.7. The molecule has 2 unspecified atom stereocenters.